The maximum atomic E-state index is 9.55. The highest BCUT2D eigenvalue weighted by molar-refractivity contribution is 4.94. The van der Waals surface area contributed by atoms with Gasteiger partial charge >= 0.3 is 0 Å². The molecule has 1 heteroatoms. The quantitative estimate of drug-likeness (QED) is 0.667. The van der Waals surface area contributed by atoms with Crippen LogP contribution in [0.5, 0.6) is 0 Å². The van der Waals surface area contributed by atoms with Crippen molar-refractivity contribution in [3.63, 3.8) is 0 Å². The summed E-state index contributed by atoms with van der Waals surface area (Å²) in [6.07, 6.45) is 4.20. The molecule has 1 atom stereocenters. The third-order valence-corrected chi connectivity index (χ3v) is 1.90. The highest BCUT2D eigenvalue weighted by Gasteiger charge is 2.18. The molecule has 0 saturated carbocycles. The zero-order chi connectivity index (χ0) is 11.1. The molecule has 0 aromatic rings. The first kappa shape index (κ1) is 15.2. The lowest BCUT2D eigenvalue weighted by Crippen LogP contribution is -2.26. The molecule has 0 aliphatic heterocycles. The lowest BCUT2D eigenvalue weighted by atomic mass is 9.92. The van der Waals surface area contributed by atoms with Gasteiger partial charge in [0.05, 0.1) is 5.60 Å². The molecule has 0 bridgehead atoms. The molecular formula is C12H26O. The van der Waals surface area contributed by atoms with Gasteiger partial charge in [0.25, 0.3) is 0 Å². The Morgan fingerprint density at radius 1 is 1.00 bits per heavy atom. The van der Waals surface area contributed by atoms with Crippen LogP contribution in [-0.2, 0) is 0 Å². The topological polar surface area (TPSA) is 20.2 Å². The van der Waals surface area contributed by atoms with Crippen molar-refractivity contribution >= 4 is 0 Å². The van der Waals surface area contributed by atoms with Crippen molar-refractivity contribution < 1.29 is 5.11 Å². The van der Waals surface area contributed by atoms with Crippen LogP contribution in [0.4, 0.5) is 0 Å². The van der Waals surface area contributed by atoms with Crippen LogP contribution < -0.4 is 0 Å². The molecule has 0 spiro atoms. The predicted molar refractivity (Wildman–Crippen MR) is 60.8 cm³/mol. The van der Waals surface area contributed by atoms with E-state index < -0.39 is 5.60 Å². The first-order valence-corrected chi connectivity index (χ1v) is 5.24. The van der Waals surface area contributed by atoms with Crippen LogP contribution in [-0.4, -0.2) is 10.7 Å². The molecule has 0 rings (SSSR count). The van der Waals surface area contributed by atoms with Gasteiger partial charge < -0.3 is 5.11 Å². The Bertz CT molecular complexity index is 129. The number of rotatable bonds is 3. The largest absolute Gasteiger partial charge is 0.390 e. The second-order valence-electron chi connectivity index (χ2n) is 4.07. The molecular weight excluding hydrogens is 160 g/mol. The molecule has 0 fully saturated rings. The second kappa shape index (κ2) is 7.14. The first-order chi connectivity index (χ1) is 5.84. The van der Waals surface area contributed by atoms with E-state index in [2.05, 4.69) is 26.0 Å². The van der Waals surface area contributed by atoms with E-state index in [4.69, 9.17) is 0 Å². The van der Waals surface area contributed by atoms with Crippen molar-refractivity contribution in [1.29, 1.82) is 0 Å². The van der Waals surface area contributed by atoms with Crippen molar-refractivity contribution in [3.05, 3.63) is 12.2 Å². The van der Waals surface area contributed by atoms with E-state index in [-0.39, 0.29) is 5.92 Å². The van der Waals surface area contributed by atoms with Gasteiger partial charge in [-0.2, -0.15) is 0 Å². The van der Waals surface area contributed by atoms with Crippen molar-refractivity contribution in [2.24, 2.45) is 11.8 Å². The normalized spacial score (nSPS) is 14.2. The minimum absolute atomic E-state index is 0.227. The van der Waals surface area contributed by atoms with Crippen molar-refractivity contribution in [3.8, 4) is 0 Å². The van der Waals surface area contributed by atoms with E-state index in [1.54, 1.807) is 0 Å². The van der Waals surface area contributed by atoms with Crippen LogP contribution in [0.3, 0.4) is 0 Å². The number of hydrogen-bond donors (Lipinski definition) is 1. The Balaban J connectivity index is 0. The fourth-order valence-electron chi connectivity index (χ4n) is 0.624. The van der Waals surface area contributed by atoms with E-state index in [1.807, 2.05) is 34.6 Å². The van der Waals surface area contributed by atoms with Crippen molar-refractivity contribution in [2.75, 3.05) is 0 Å². The van der Waals surface area contributed by atoms with Gasteiger partial charge in [-0.05, 0) is 19.8 Å². The smallest absolute Gasteiger partial charge is 0.0651 e. The standard InChI is InChI=1S/C10H20O.C2H6/c1-8(2)6-7-9(3)10(4,5)11;1-2/h6-9,11H,1-5H3;1-2H3/b7-6+;. The summed E-state index contributed by atoms with van der Waals surface area (Å²) in [7, 11) is 0. The molecule has 13 heavy (non-hydrogen) atoms. The molecule has 1 unspecified atom stereocenters. The summed E-state index contributed by atoms with van der Waals surface area (Å²) in [5.41, 5.74) is -0.592. The zero-order valence-corrected chi connectivity index (χ0v) is 10.3. The highest BCUT2D eigenvalue weighted by atomic mass is 16.3. The maximum Gasteiger partial charge on any atom is 0.0651 e. The molecule has 0 saturated heterocycles. The molecule has 0 aliphatic carbocycles. The number of allylic oxidation sites excluding steroid dienone is 1. The van der Waals surface area contributed by atoms with Gasteiger partial charge in [0.1, 0.15) is 0 Å². The van der Waals surface area contributed by atoms with E-state index in [0.29, 0.717) is 5.92 Å². The fraction of sp³-hybridized carbons (Fsp3) is 0.833. The SMILES string of the molecule is CC.CC(C)/C=C/C(C)C(C)(C)O. The van der Waals surface area contributed by atoms with Crippen LogP contribution >= 0.6 is 0 Å². The van der Waals surface area contributed by atoms with Gasteiger partial charge in [0.2, 0.25) is 0 Å². The summed E-state index contributed by atoms with van der Waals surface area (Å²) in [6.45, 7) is 14.0. The van der Waals surface area contributed by atoms with Crippen LogP contribution in [0.25, 0.3) is 0 Å². The summed E-state index contributed by atoms with van der Waals surface area (Å²) in [4.78, 5) is 0. The summed E-state index contributed by atoms with van der Waals surface area (Å²) in [5.74, 6) is 0.796. The number of aliphatic hydroxyl groups is 1. The van der Waals surface area contributed by atoms with E-state index in [1.165, 1.54) is 0 Å². The maximum absolute atomic E-state index is 9.55. The van der Waals surface area contributed by atoms with E-state index in [9.17, 15) is 5.11 Å². The van der Waals surface area contributed by atoms with E-state index >= 15 is 0 Å². The minimum Gasteiger partial charge on any atom is -0.390 e. The Morgan fingerprint density at radius 3 is 1.62 bits per heavy atom. The molecule has 80 valence electrons. The molecule has 0 radical (unpaired) electrons. The average Bonchev–Trinajstić information content (AvgIpc) is 2.02. The van der Waals surface area contributed by atoms with Gasteiger partial charge in [-0.15, -0.1) is 0 Å². The van der Waals surface area contributed by atoms with Crippen LogP contribution in [0, 0.1) is 11.8 Å². The number of hydrogen-bond acceptors (Lipinski definition) is 1. The van der Waals surface area contributed by atoms with Crippen LogP contribution in [0.15, 0.2) is 12.2 Å². The summed E-state index contributed by atoms with van der Waals surface area (Å²) in [6, 6.07) is 0. The minimum atomic E-state index is -0.592. The predicted octanol–water partition coefficient (Wildman–Crippen LogP) is 3.63. The molecule has 1 nitrogen and oxygen atoms in total. The summed E-state index contributed by atoms with van der Waals surface area (Å²) < 4.78 is 0. The Hall–Kier alpha value is -0.300. The lowest BCUT2D eigenvalue weighted by Gasteiger charge is -2.22. The van der Waals surface area contributed by atoms with Crippen LogP contribution in [0.1, 0.15) is 48.5 Å². The van der Waals surface area contributed by atoms with Crippen molar-refractivity contribution in [2.45, 2.75) is 54.1 Å². The van der Waals surface area contributed by atoms with Gasteiger partial charge in [0, 0.05) is 5.92 Å². The molecule has 0 aromatic carbocycles. The Labute approximate surface area is 83.9 Å². The summed E-state index contributed by atoms with van der Waals surface area (Å²) >= 11 is 0. The Kier molecular flexibility index (Phi) is 8.34. The molecule has 0 aliphatic rings. The third kappa shape index (κ3) is 9.62. The zero-order valence-electron chi connectivity index (χ0n) is 10.3. The average molecular weight is 186 g/mol. The first-order valence-electron chi connectivity index (χ1n) is 5.24. The molecule has 0 amide bonds. The van der Waals surface area contributed by atoms with Gasteiger partial charge in [-0.25, -0.2) is 0 Å². The van der Waals surface area contributed by atoms with Crippen molar-refractivity contribution in [1.82, 2.24) is 0 Å². The highest BCUT2D eigenvalue weighted by Crippen LogP contribution is 2.17. The summed E-state index contributed by atoms with van der Waals surface area (Å²) in [5, 5.41) is 9.55. The van der Waals surface area contributed by atoms with E-state index in [0.717, 1.165) is 0 Å². The monoisotopic (exact) mass is 186 g/mol. The molecule has 0 heterocycles. The second-order valence-corrected chi connectivity index (χ2v) is 4.07. The third-order valence-electron chi connectivity index (χ3n) is 1.90. The molecule has 0 aromatic heterocycles. The lowest BCUT2D eigenvalue weighted by molar-refractivity contribution is 0.0439. The fourth-order valence-corrected chi connectivity index (χ4v) is 0.624. The van der Waals surface area contributed by atoms with Gasteiger partial charge in [-0.1, -0.05) is 46.8 Å². The van der Waals surface area contributed by atoms with Gasteiger partial charge in [0.15, 0.2) is 0 Å². The Morgan fingerprint density at radius 2 is 1.38 bits per heavy atom. The van der Waals surface area contributed by atoms with Crippen LogP contribution in [0.2, 0.25) is 0 Å². The molecule has 1 N–H and O–H groups in total. The van der Waals surface area contributed by atoms with Gasteiger partial charge in [-0.3, -0.25) is 0 Å².